The molecule has 0 aliphatic carbocycles. The third-order valence-electron chi connectivity index (χ3n) is 2.58. The van der Waals surface area contributed by atoms with E-state index in [9.17, 15) is 4.79 Å². The predicted molar refractivity (Wildman–Crippen MR) is 78.1 cm³/mol. The van der Waals surface area contributed by atoms with Crippen LogP contribution in [0.15, 0.2) is 24.3 Å². The molecule has 0 aliphatic rings. The molecule has 0 heterocycles. The number of hydrogen-bond acceptors (Lipinski definition) is 3. The SMILES string of the molecule is CN(CC(C)(C)C)C(=O)CCOc1cccc(N)c1. The number of nitrogen functional groups attached to an aromatic ring is 1. The fourth-order valence-electron chi connectivity index (χ4n) is 1.85. The van der Waals surface area contributed by atoms with Gasteiger partial charge in [0.25, 0.3) is 0 Å². The third kappa shape index (κ3) is 6.13. The van der Waals surface area contributed by atoms with E-state index in [1.165, 1.54) is 0 Å². The summed E-state index contributed by atoms with van der Waals surface area (Å²) in [5, 5.41) is 0. The minimum Gasteiger partial charge on any atom is -0.493 e. The number of rotatable bonds is 5. The number of ether oxygens (including phenoxy) is 1. The Morgan fingerprint density at radius 3 is 2.63 bits per heavy atom. The van der Waals surface area contributed by atoms with E-state index < -0.39 is 0 Å². The minimum absolute atomic E-state index is 0.0961. The van der Waals surface area contributed by atoms with Crippen LogP contribution in [0.25, 0.3) is 0 Å². The quantitative estimate of drug-likeness (QED) is 0.831. The normalized spacial score (nSPS) is 11.2. The Morgan fingerprint density at radius 1 is 1.37 bits per heavy atom. The van der Waals surface area contributed by atoms with Crippen molar-refractivity contribution >= 4 is 11.6 Å². The molecule has 4 heteroatoms. The lowest BCUT2D eigenvalue weighted by atomic mass is 9.96. The van der Waals surface area contributed by atoms with Gasteiger partial charge in [-0.3, -0.25) is 4.79 Å². The molecule has 0 radical (unpaired) electrons. The van der Waals surface area contributed by atoms with Crippen LogP contribution in [0.1, 0.15) is 27.2 Å². The van der Waals surface area contributed by atoms with Crippen LogP contribution in [0.2, 0.25) is 0 Å². The van der Waals surface area contributed by atoms with Crippen LogP contribution in [0.5, 0.6) is 5.75 Å². The average molecular weight is 264 g/mol. The first-order valence-corrected chi connectivity index (χ1v) is 6.50. The lowest BCUT2D eigenvalue weighted by Gasteiger charge is -2.26. The Labute approximate surface area is 115 Å². The molecular weight excluding hydrogens is 240 g/mol. The monoisotopic (exact) mass is 264 g/mol. The predicted octanol–water partition coefficient (Wildman–Crippen LogP) is 2.54. The van der Waals surface area contributed by atoms with Gasteiger partial charge in [-0.15, -0.1) is 0 Å². The van der Waals surface area contributed by atoms with Crippen LogP contribution in [0.4, 0.5) is 5.69 Å². The van der Waals surface area contributed by atoms with E-state index in [-0.39, 0.29) is 11.3 Å². The number of nitrogens with two attached hydrogens (primary N) is 1. The van der Waals surface area contributed by atoms with Gasteiger partial charge < -0.3 is 15.4 Å². The van der Waals surface area contributed by atoms with Crippen molar-refractivity contribution in [3.8, 4) is 5.75 Å². The van der Waals surface area contributed by atoms with E-state index in [0.717, 1.165) is 6.54 Å². The lowest BCUT2D eigenvalue weighted by Crippen LogP contribution is -2.35. The molecular formula is C15H24N2O2. The molecule has 19 heavy (non-hydrogen) atoms. The largest absolute Gasteiger partial charge is 0.493 e. The zero-order chi connectivity index (χ0) is 14.5. The molecule has 106 valence electrons. The molecule has 0 bridgehead atoms. The molecule has 0 atom stereocenters. The summed E-state index contributed by atoms with van der Waals surface area (Å²) in [6, 6.07) is 7.22. The molecule has 0 unspecified atom stereocenters. The van der Waals surface area contributed by atoms with Crippen LogP contribution in [0.3, 0.4) is 0 Å². The minimum atomic E-state index is 0.0961. The van der Waals surface area contributed by atoms with E-state index in [2.05, 4.69) is 20.8 Å². The Bertz CT molecular complexity index is 424. The second-order valence-corrected chi connectivity index (χ2v) is 5.98. The molecule has 0 saturated heterocycles. The molecule has 1 amide bonds. The van der Waals surface area contributed by atoms with Gasteiger partial charge in [0, 0.05) is 25.3 Å². The highest BCUT2D eigenvalue weighted by Crippen LogP contribution is 2.16. The molecule has 0 fully saturated rings. The molecule has 0 saturated carbocycles. The molecule has 1 rings (SSSR count). The van der Waals surface area contributed by atoms with Crippen LogP contribution in [0, 0.1) is 5.41 Å². The second kappa shape index (κ2) is 6.45. The summed E-state index contributed by atoms with van der Waals surface area (Å²) in [5.41, 5.74) is 6.42. The number of carbonyl (C=O) groups is 1. The summed E-state index contributed by atoms with van der Waals surface area (Å²) in [5.74, 6) is 0.796. The van der Waals surface area contributed by atoms with Crippen molar-refractivity contribution in [1.82, 2.24) is 4.90 Å². The third-order valence-corrected chi connectivity index (χ3v) is 2.58. The summed E-state index contributed by atoms with van der Waals surface area (Å²) >= 11 is 0. The van der Waals surface area contributed by atoms with Crippen LogP contribution >= 0.6 is 0 Å². The molecule has 4 nitrogen and oxygen atoms in total. The molecule has 1 aromatic rings. The van der Waals surface area contributed by atoms with Crippen molar-refractivity contribution in [3.63, 3.8) is 0 Å². The summed E-state index contributed by atoms with van der Waals surface area (Å²) in [7, 11) is 1.83. The maximum atomic E-state index is 11.9. The molecule has 1 aromatic carbocycles. The summed E-state index contributed by atoms with van der Waals surface area (Å²) < 4.78 is 5.51. The van der Waals surface area contributed by atoms with Crippen molar-refractivity contribution in [2.75, 3.05) is 25.9 Å². The van der Waals surface area contributed by atoms with E-state index >= 15 is 0 Å². The number of benzene rings is 1. The highest BCUT2D eigenvalue weighted by Gasteiger charge is 2.17. The number of hydrogen-bond donors (Lipinski definition) is 1. The van der Waals surface area contributed by atoms with Gasteiger partial charge in [-0.05, 0) is 17.5 Å². The van der Waals surface area contributed by atoms with E-state index in [1.807, 2.05) is 19.2 Å². The summed E-state index contributed by atoms with van der Waals surface area (Å²) in [6.45, 7) is 7.45. The Morgan fingerprint density at radius 2 is 2.05 bits per heavy atom. The van der Waals surface area contributed by atoms with Crippen molar-refractivity contribution in [3.05, 3.63) is 24.3 Å². The molecule has 0 aliphatic heterocycles. The Kier molecular flexibility index (Phi) is 5.21. The zero-order valence-corrected chi connectivity index (χ0v) is 12.3. The zero-order valence-electron chi connectivity index (χ0n) is 12.3. The first-order valence-electron chi connectivity index (χ1n) is 6.50. The molecule has 0 spiro atoms. The Balaban J connectivity index is 2.35. The number of nitrogens with zero attached hydrogens (tertiary/aromatic N) is 1. The van der Waals surface area contributed by atoms with Crippen LogP contribution in [-0.2, 0) is 4.79 Å². The van der Waals surface area contributed by atoms with Gasteiger partial charge in [0.05, 0.1) is 13.0 Å². The lowest BCUT2D eigenvalue weighted by molar-refractivity contribution is -0.131. The first kappa shape index (κ1) is 15.3. The van der Waals surface area contributed by atoms with Crippen molar-refractivity contribution < 1.29 is 9.53 Å². The summed E-state index contributed by atoms with van der Waals surface area (Å²) in [4.78, 5) is 13.7. The smallest absolute Gasteiger partial charge is 0.225 e. The van der Waals surface area contributed by atoms with Gasteiger partial charge >= 0.3 is 0 Å². The van der Waals surface area contributed by atoms with Gasteiger partial charge in [-0.1, -0.05) is 26.8 Å². The average Bonchev–Trinajstić information content (AvgIpc) is 2.26. The highest BCUT2D eigenvalue weighted by molar-refractivity contribution is 5.76. The van der Waals surface area contributed by atoms with Gasteiger partial charge in [0.15, 0.2) is 0 Å². The number of carbonyl (C=O) groups excluding carboxylic acids is 1. The number of amides is 1. The number of anilines is 1. The fraction of sp³-hybridized carbons (Fsp3) is 0.533. The van der Waals surface area contributed by atoms with Crippen LogP contribution in [-0.4, -0.2) is 31.0 Å². The highest BCUT2D eigenvalue weighted by atomic mass is 16.5. The maximum Gasteiger partial charge on any atom is 0.225 e. The van der Waals surface area contributed by atoms with Crippen molar-refractivity contribution in [2.24, 2.45) is 5.41 Å². The Hall–Kier alpha value is -1.71. The van der Waals surface area contributed by atoms with Crippen molar-refractivity contribution in [1.29, 1.82) is 0 Å². The standard InChI is InChI=1S/C15H24N2O2/c1-15(2,3)11-17(4)14(18)8-9-19-13-7-5-6-12(16)10-13/h5-7,10H,8-9,11,16H2,1-4H3. The fourth-order valence-corrected chi connectivity index (χ4v) is 1.85. The van der Waals surface area contributed by atoms with Crippen LogP contribution < -0.4 is 10.5 Å². The summed E-state index contributed by atoms with van der Waals surface area (Å²) in [6.07, 6.45) is 0.376. The van der Waals surface area contributed by atoms with Gasteiger partial charge in [-0.25, -0.2) is 0 Å². The van der Waals surface area contributed by atoms with Gasteiger partial charge in [0.1, 0.15) is 5.75 Å². The topological polar surface area (TPSA) is 55.6 Å². The molecule has 2 N–H and O–H groups in total. The van der Waals surface area contributed by atoms with E-state index in [4.69, 9.17) is 10.5 Å². The second-order valence-electron chi connectivity index (χ2n) is 5.98. The van der Waals surface area contributed by atoms with Gasteiger partial charge in [-0.2, -0.15) is 0 Å². The molecule has 0 aromatic heterocycles. The van der Waals surface area contributed by atoms with Crippen molar-refractivity contribution in [2.45, 2.75) is 27.2 Å². The van der Waals surface area contributed by atoms with Gasteiger partial charge in [0.2, 0.25) is 5.91 Å². The maximum absolute atomic E-state index is 11.9. The first-order chi connectivity index (χ1) is 8.78. The van der Waals surface area contributed by atoms with E-state index in [1.54, 1.807) is 17.0 Å². The van der Waals surface area contributed by atoms with E-state index in [0.29, 0.717) is 24.5 Å².